The molecule has 0 fully saturated rings. The summed E-state index contributed by atoms with van der Waals surface area (Å²) in [7, 11) is 0. The Labute approximate surface area is 89.1 Å². The molecule has 0 aromatic heterocycles. The van der Waals surface area contributed by atoms with Gasteiger partial charge in [0.25, 0.3) is 0 Å². The summed E-state index contributed by atoms with van der Waals surface area (Å²) in [5, 5.41) is 3.29. The van der Waals surface area contributed by atoms with E-state index < -0.39 is 0 Å². The molecule has 0 saturated heterocycles. The Morgan fingerprint density at radius 2 is 2.21 bits per heavy atom. The van der Waals surface area contributed by atoms with Gasteiger partial charge in [0, 0.05) is 18.0 Å². The lowest BCUT2D eigenvalue weighted by atomic mass is 10.2. The van der Waals surface area contributed by atoms with Gasteiger partial charge in [0.05, 0.1) is 0 Å². The van der Waals surface area contributed by atoms with Gasteiger partial charge >= 0.3 is 0 Å². The van der Waals surface area contributed by atoms with Crippen molar-refractivity contribution in [2.45, 2.75) is 13.8 Å². The van der Waals surface area contributed by atoms with Crippen LogP contribution in [0.2, 0.25) is 0 Å². The van der Waals surface area contributed by atoms with Crippen LogP contribution in [-0.2, 0) is 0 Å². The zero-order valence-electron chi connectivity index (χ0n) is 8.64. The molecule has 1 rings (SSSR count). The fraction of sp³-hybridized carbons (Fsp3) is 0.455. The highest BCUT2D eigenvalue weighted by molar-refractivity contribution is 7.99. The second kappa shape index (κ2) is 5.91. The zero-order valence-corrected chi connectivity index (χ0v) is 9.46. The Hall–Kier alpha value is -0.700. The minimum absolute atomic E-state index is 0.170. The second-order valence-electron chi connectivity index (χ2n) is 3.08. The van der Waals surface area contributed by atoms with Crippen molar-refractivity contribution in [2.75, 3.05) is 23.4 Å². The van der Waals surface area contributed by atoms with Crippen molar-refractivity contribution >= 4 is 17.4 Å². The molecule has 0 aliphatic carbocycles. The van der Waals surface area contributed by atoms with Crippen LogP contribution >= 0.6 is 11.8 Å². The Bertz CT molecular complexity index is 289. The lowest BCUT2D eigenvalue weighted by Gasteiger charge is -2.08. The summed E-state index contributed by atoms with van der Waals surface area (Å²) in [5.74, 6) is 2.06. The number of benzene rings is 1. The van der Waals surface area contributed by atoms with Gasteiger partial charge in [-0.1, -0.05) is 6.92 Å². The van der Waals surface area contributed by atoms with E-state index in [9.17, 15) is 4.39 Å². The molecule has 1 N–H and O–H groups in total. The number of halogens is 1. The van der Waals surface area contributed by atoms with Gasteiger partial charge in [-0.15, -0.1) is 0 Å². The maximum Gasteiger partial charge on any atom is 0.123 e. The van der Waals surface area contributed by atoms with E-state index in [2.05, 4.69) is 12.2 Å². The van der Waals surface area contributed by atoms with Crippen molar-refractivity contribution in [1.82, 2.24) is 0 Å². The van der Waals surface area contributed by atoms with Crippen LogP contribution in [0.5, 0.6) is 0 Å². The van der Waals surface area contributed by atoms with Crippen molar-refractivity contribution in [1.29, 1.82) is 0 Å². The highest BCUT2D eigenvalue weighted by atomic mass is 32.2. The minimum Gasteiger partial charge on any atom is -0.384 e. The molecule has 0 aliphatic heterocycles. The highest BCUT2D eigenvalue weighted by Gasteiger charge is 1.98. The predicted octanol–water partition coefficient (Wildman–Crippen LogP) is 3.30. The summed E-state index contributed by atoms with van der Waals surface area (Å²) in [6, 6.07) is 4.83. The second-order valence-corrected chi connectivity index (χ2v) is 4.48. The molecule has 1 aromatic rings. The van der Waals surface area contributed by atoms with Gasteiger partial charge in [0.15, 0.2) is 0 Å². The van der Waals surface area contributed by atoms with Gasteiger partial charge in [-0.05, 0) is 36.4 Å². The average Bonchev–Trinajstić information content (AvgIpc) is 2.15. The van der Waals surface area contributed by atoms with E-state index in [-0.39, 0.29) is 5.82 Å². The molecule has 0 heterocycles. The van der Waals surface area contributed by atoms with Gasteiger partial charge in [-0.2, -0.15) is 11.8 Å². The van der Waals surface area contributed by atoms with E-state index in [4.69, 9.17) is 0 Å². The topological polar surface area (TPSA) is 12.0 Å². The van der Waals surface area contributed by atoms with Crippen LogP contribution in [0.1, 0.15) is 12.5 Å². The molecule has 0 atom stereocenters. The molecule has 0 aliphatic rings. The van der Waals surface area contributed by atoms with Crippen LogP contribution in [0, 0.1) is 12.7 Å². The van der Waals surface area contributed by atoms with E-state index in [1.54, 1.807) is 12.1 Å². The smallest absolute Gasteiger partial charge is 0.123 e. The molecule has 0 bridgehead atoms. The third-order valence-corrected chi connectivity index (χ3v) is 2.86. The Morgan fingerprint density at radius 3 is 2.86 bits per heavy atom. The van der Waals surface area contributed by atoms with Crippen molar-refractivity contribution in [3.8, 4) is 0 Å². The molecular weight excluding hydrogens is 197 g/mol. The van der Waals surface area contributed by atoms with E-state index >= 15 is 0 Å². The maximum atomic E-state index is 12.8. The summed E-state index contributed by atoms with van der Waals surface area (Å²) in [4.78, 5) is 0. The molecule has 0 amide bonds. The largest absolute Gasteiger partial charge is 0.384 e. The number of aryl methyl sites for hydroxylation is 1. The third-order valence-electron chi connectivity index (χ3n) is 1.95. The number of hydrogen-bond acceptors (Lipinski definition) is 2. The summed E-state index contributed by atoms with van der Waals surface area (Å²) in [6.45, 7) is 5.00. The van der Waals surface area contributed by atoms with E-state index in [1.807, 2.05) is 18.7 Å². The van der Waals surface area contributed by atoms with E-state index in [1.165, 1.54) is 6.07 Å². The van der Waals surface area contributed by atoms with Crippen LogP contribution < -0.4 is 5.32 Å². The quantitative estimate of drug-likeness (QED) is 0.753. The average molecular weight is 213 g/mol. The van der Waals surface area contributed by atoms with Gasteiger partial charge in [0.2, 0.25) is 0 Å². The van der Waals surface area contributed by atoms with Crippen molar-refractivity contribution in [2.24, 2.45) is 0 Å². The monoisotopic (exact) mass is 213 g/mol. The normalized spacial score (nSPS) is 10.2. The number of hydrogen-bond donors (Lipinski definition) is 1. The molecule has 0 saturated carbocycles. The number of thioether (sulfide) groups is 1. The maximum absolute atomic E-state index is 12.8. The first-order chi connectivity index (χ1) is 6.74. The molecule has 0 radical (unpaired) electrons. The fourth-order valence-electron chi connectivity index (χ4n) is 1.23. The fourth-order valence-corrected chi connectivity index (χ4v) is 1.76. The lowest BCUT2D eigenvalue weighted by molar-refractivity contribution is 0.627. The number of rotatable bonds is 5. The van der Waals surface area contributed by atoms with Gasteiger partial charge < -0.3 is 5.32 Å². The molecule has 1 aromatic carbocycles. The van der Waals surface area contributed by atoms with Crippen LogP contribution in [0.25, 0.3) is 0 Å². The third kappa shape index (κ3) is 3.58. The standard InChI is InChI=1S/C11H16FNS/c1-3-14-7-6-13-11-5-4-10(12)8-9(11)2/h4-5,8,13H,3,6-7H2,1-2H3. The Balaban J connectivity index is 2.42. The van der Waals surface area contributed by atoms with Crippen molar-refractivity contribution in [3.05, 3.63) is 29.6 Å². The Morgan fingerprint density at radius 1 is 1.43 bits per heavy atom. The van der Waals surface area contributed by atoms with Crippen LogP contribution in [0.3, 0.4) is 0 Å². The molecule has 3 heteroatoms. The van der Waals surface area contributed by atoms with Crippen LogP contribution in [-0.4, -0.2) is 18.1 Å². The summed E-state index contributed by atoms with van der Waals surface area (Å²) in [6.07, 6.45) is 0. The van der Waals surface area contributed by atoms with Crippen LogP contribution in [0.15, 0.2) is 18.2 Å². The highest BCUT2D eigenvalue weighted by Crippen LogP contribution is 2.15. The van der Waals surface area contributed by atoms with Crippen molar-refractivity contribution in [3.63, 3.8) is 0 Å². The lowest BCUT2D eigenvalue weighted by Crippen LogP contribution is -2.05. The van der Waals surface area contributed by atoms with Crippen LogP contribution in [0.4, 0.5) is 10.1 Å². The van der Waals surface area contributed by atoms with E-state index in [0.29, 0.717) is 0 Å². The first kappa shape index (κ1) is 11.4. The SMILES string of the molecule is CCSCCNc1ccc(F)cc1C. The Kier molecular flexibility index (Phi) is 4.80. The summed E-state index contributed by atoms with van der Waals surface area (Å²) < 4.78 is 12.8. The molecule has 0 unspecified atom stereocenters. The van der Waals surface area contributed by atoms with Gasteiger partial charge in [-0.25, -0.2) is 4.39 Å². The predicted molar refractivity (Wildman–Crippen MR) is 62.6 cm³/mol. The first-order valence-corrected chi connectivity index (χ1v) is 5.97. The molecule has 1 nitrogen and oxygen atoms in total. The number of anilines is 1. The van der Waals surface area contributed by atoms with Gasteiger partial charge in [-0.3, -0.25) is 0 Å². The molecule has 78 valence electrons. The number of nitrogens with one attached hydrogen (secondary N) is 1. The zero-order chi connectivity index (χ0) is 10.4. The summed E-state index contributed by atoms with van der Waals surface area (Å²) in [5.41, 5.74) is 2.00. The minimum atomic E-state index is -0.170. The van der Waals surface area contributed by atoms with Gasteiger partial charge in [0.1, 0.15) is 5.82 Å². The first-order valence-electron chi connectivity index (χ1n) is 4.82. The van der Waals surface area contributed by atoms with E-state index in [0.717, 1.165) is 29.3 Å². The van der Waals surface area contributed by atoms with Crippen molar-refractivity contribution < 1.29 is 4.39 Å². The molecule has 0 spiro atoms. The summed E-state index contributed by atoms with van der Waals surface area (Å²) >= 11 is 1.90. The molecule has 14 heavy (non-hydrogen) atoms. The molecular formula is C11H16FNS.